The molecule has 0 aromatic carbocycles. The molecule has 0 aliphatic rings. The summed E-state index contributed by atoms with van der Waals surface area (Å²) < 4.78 is 1.90. The van der Waals surface area contributed by atoms with Gasteiger partial charge in [0.2, 0.25) is 0 Å². The molecule has 5 N–H and O–H groups in total. The number of nitrogens with zero attached hydrogens (tertiary/aromatic N) is 5. The van der Waals surface area contributed by atoms with Crippen molar-refractivity contribution in [2.45, 2.75) is 6.54 Å². The Bertz CT molecular complexity index is 682. The van der Waals surface area contributed by atoms with Gasteiger partial charge < -0.3 is 21.0 Å². The van der Waals surface area contributed by atoms with Gasteiger partial charge in [-0.1, -0.05) is 0 Å². The third-order valence-corrected chi connectivity index (χ3v) is 2.58. The summed E-state index contributed by atoms with van der Waals surface area (Å²) in [6, 6.07) is 0. The predicted molar refractivity (Wildman–Crippen MR) is 66.4 cm³/mol. The Balaban J connectivity index is 2.05. The van der Waals surface area contributed by atoms with Gasteiger partial charge in [-0.3, -0.25) is 0 Å². The van der Waals surface area contributed by atoms with Crippen molar-refractivity contribution in [2.75, 3.05) is 12.3 Å². The number of nitrogens with one attached hydrogen (secondary N) is 1. The van der Waals surface area contributed by atoms with Gasteiger partial charge in [0.15, 0.2) is 17.3 Å². The van der Waals surface area contributed by atoms with E-state index >= 15 is 0 Å². The van der Waals surface area contributed by atoms with E-state index in [1.165, 1.54) is 6.33 Å². The molecule has 3 aromatic rings. The monoisotopic (exact) mass is 244 g/mol. The molecule has 3 aromatic heterocycles. The summed E-state index contributed by atoms with van der Waals surface area (Å²) in [5.74, 6) is 0.994. The van der Waals surface area contributed by atoms with Gasteiger partial charge in [-0.05, 0) is 0 Å². The fraction of sp³-hybridized carbons (Fsp3) is 0.200. The van der Waals surface area contributed by atoms with Crippen molar-refractivity contribution in [1.29, 1.82) is 0 Å². The highest BCUT2D eigenvalue weighted by Gasteiger charge is 2.11. The first-order chi connectivity index (χ1) is 8.78. The van der Waals surface area contributed by atoms with Crippen LogP contribution in [0.5, 0.6) is 0 Å². The number of hydrogen-bond acceptors (Lipinski definition) is 6. The van der Waals surface area contributed by atoms with E-state index in [0.29, 0.717) is 29.4 Å². The molecule has 92 valence electrons. The highest BCUT2D eigenvalue weighted by molar-refractivity contribution is 5.83. The lowest BCUT2D eigenvalue weighted by atomic mass is 10.4. The Morgan fingerprint density at radius 1 is 1.28 bits per heavy atom. The maximum absolute atomic E-state index is 5.74. The average Bonchev–Trinajstić information content (AvgIpc) is 2.96. The minimum absolute atomic E-state index is 0.375. The molecule has 3 rings (SSSR count). The molecule has 0 fully saturated rings. The second kappa shape index (κ2) is 4.08. The topological polar surface area (TPSA) is 124 Å². The summed E-state index contributed by atoms with van der Waals surface area (Å²) in [7, 11) is 0. The van der Waals surface area contributed by atoms with Crippen molar-refractivity contribution in [2.24, 2.45) is 5.73 Å². The maximum Gasteiger partial charge on any atom is 0.183 e. The van der Waals surface area contributed by atoms with Crippen molar-refractivity contribution >= 4 is 17.0 Å². The van der Waals surface area contributed by atoms with E-state index in [2.05, 4.69) is 24.9 Å². The molecule has 0 radical (unpaired) electrons. The number of nitrogen functional groups attached to an aromatic ring is 1. The molecule has 18 heavy (non-hydrogen) atoms. The predicted octanol–water partition coefficient (Wildman–Crippen LogP) is -0.243. The maximum atomic E-state index is 5.74. The van der Waals surface area contributed by atoms with Crippen molar-refractivity contribution in [3.8, 4) is 11.5 Å². The van der Waals surface area contributed by atoms with E-state index in [1.54, 1.807) is 6.33 Å². The summed E-state index contributed by atoms with van der Waals surface area (Å²) in [4.78, 5) is 19.6. The molecule has 0 unspecified atom stereocenters. The fourth-order valence-corrected chi connectivity index (χ4v) is 1.72. The first kappa shape index (κ1) is 10.7. The molecule has 0 saturated heterocycles. The normalized spacial score (nSPS) is 11.2. The number of aromatic amines is 1. The van der Waals surface area contributed by atoms with Gasteiger partial charge in [0, 0.05) is 19.3 Å². The van der Waals surface area contributed by atoms with E-state index in [4.69, 9.17) is 11.5 Å². The molecule has 0 amide bonds. The SMILES string of the molecule is NCCn1cnc(-c2nc3ncnc(N)c3[nH]2)c1. The first-order valence-corrected chi connectivity index (χ1v) is 5.46. The zero-order valence-corrected chi connectivity index (χ0v) is 9.54. The van der Waals surface area contributed by atoms with Crippen LogP contribution in [-0.4, -0.2) is 36.0 Å². The van der Waals surface area contributed by atoms with Crippen molar-refractivity contribution in [3.05, 3.63) is 18.9 Å². The minimum Gasteiger partial charge on any atom is -0.382 e. The smallest absolute Gasteiger partial charge is 0.183 e. The van der Waals surface area contributed by atoms with Crippen LogP contribution in [0, 0.1) is 0 Å². The van der Waals surface area contributed by atoms with Crippen LogP contribution in [0.25, 0.3) is 22.7 Å². The van der Waals surface area contributed by atoms with Crippen LogP contribution < -0.4 is 11.5 Å². The molecule has 0 aliphatic carbocycles. The second-order valence-electron chi connectivity index (χ2n) is 3.83. The molecule has 0 saturated carbocycles. The Morgan fingerprint density at radius 2 is 2.17 bits per heavy atom. The Labute approximate surface area is 102 Å². The lowest BCUT2D eigenvalue weighted by molar-refractivity contribution is 0.708. The van der Waals surface area contributed by atoms with Crippen LogP contribution in [-0.2, 0) is 6.54 Å². The summed E-state index contributed by atoms with van der Waals surface area (Å²) in [5, 5.41) is 0. The lowest BCUT2D eigenvalue weighted by Crippen LogP contribution is -2.07. The van der Waals surface area contributed by atoms with E-state index in [9.17, 15) is 0 Å². The van der Waals surface area contributed by atoms with Crippen LogP contribution in [0.4, 0.5) is 5.82 Å². The number of aromatic nitrogens is 6. The molecule has 8 nitrogen and oxygen atoms in total. The van der Waals surface area contributed by atoms with Gasteiger partial charge in [0.1, 0.15) is 17.5 Å². The Morgan fingerprint density at radius 3 is 2.94 bits per heavy atom. The van der Waals surface area contributed by atoms with Crippen LogP contribution in [0.1, 0.15) is 0 Å². The largest absolute Gasteiger partial charge is 0.382 e. The zero-order chi connectivity index (χ0) is 12.5. The summed E-state index contributed by atoms with van der Waals surface area (Å²) in [5.41, 5.74) is 13.1. The van der Waals surface area contributed by atoms with Gasteiger partial charge in [-0.25, -0.2) is 19.9 Å². The Kier molecular flexibility index (Phi) is 2.41. The second-order valence-corrected chi connectivity index (χ2v) is 3.83. The third-order valence-electron chi connectivity index (χ3n) is 2.58. The van der Waals surface area contributed by atoms with Crippen LogP contribution in [0.15, 0.2) is 18.9 Å². The van der Waals surface area contributed by atoms with E-state index in [-0.39, 0.29) is 0 Å². The molecule has 8 heteroatoms. The fourth-order valence-electron chi connectivity index (χ4n) is 1.72. The molecule has 3 heterocycles. The van der Waals surface area contributed by atoms with Crippen molar-refractivity contribution in [3.63, 3.8) is 0 Å². The molecule has 0 spiro atoms. The van der Waals surface area contributed by atoms with E-state index < -0.39 is 0 Å². The highest BCUT2D eigenvalue weighted by atomic mass is 15.1. The average molecular weight is 244 g/mol. The number of fused-ring (bicyclic) bond motifs is 1. The lowest BCUT2D eigenvalue weighted by Gasteiger charge is -1.94. The van der Waals surface area contributed by atoms with E-state index in [0.717, 1.165) is 12.2 Å². The van der Waals surface area contributed by atoms with Crippen LogP contribution in [0.2, 0.25) is 0 Å². The standard InChI is InChI=1S/C10H12N8/c11-1-2-18-3-6(15-5-18)9-16-7-8(12)13-4-14-10(7)17-9/h3-5H,1-2,11H2,(H3,12,13,14,16,17). The molecule has 0 bridgehead atoms. The molecular weight excluding hydrogens is 232 g/mol. The molecule has 0 aliphatic heterocycles. The van der Waals surface area contributed by atoms with Crippen LogP contribution >= 0.6 is 0 Å². The molecule has 0 atom stereocenters. The van der Waals surface area contributed by atoms with Crippen LogP contribution in [0.3, 0.4) is 0 Å². The Hall–Kier alpha value is -2.48. The first-order valence-electron chi connectivity index (χ1n) is 5.46. The third kappa shape index (κ3) is 1.68. The number of imidazole rings is 2. The quantitative estimate of drug-likeness (QED) is 0.584. The summed E-state index contributed by atoms with van der Waals surface area (Å²) >= 11 is 0. The number of rotatable bonds is 3. The van der Waals surface area contributed by atoms with Gasteiger partial charge in [-0.2, -0.15) is 0 Å². The van der Waals surface area contributed by atoms with Gasteiger partial charge in [0.25, 0.3) is 0 Å². The van der Waals surface area contributed by atoms with Gasteiger partial charge >= 0.3 is 0 Å². The van der Waals surface area contributed by atoms with E-state index in [1.807, 2.05) is 10.8 Å². The number of anilines is 1. The number of hydrogen-bond donors (Lipinski definition) is 3. The van der Waals surface area contributed by atoms with Crippen molar-refractivity contribution in [1.82, 2.24) is 29.5 Å². The zero-order valence-electron chi connectivity index (χ0n) is 9.54. The minimum atomic E-state index is 0.375. The number of nitrogens with two attached hydrogens (primary N) is 2. The van der Waals surface area contributed by atoms with Gasteiger partial charge in [-0.15, -0.1) is 0 Å². The highest BCUT2D eigenvalue weighted by Crippen LogP contribution is 2.19. The number of H-pyrrole nitrogens is 1. The van der Waals surface area contributed by atoms with Crippen molar-refractivity contribution < 1.29 is 0 Å². The molecular formula is C10H12N8. The summed E-state index contributed by atoms with van der Waals surface area (Å²) in [6.45, 7) is 1.28. The van der Waals surface area contributed by atoms with Gasteiger partial charge in [0.05, 0.1) is 6.33 Å². The summed E-state index contributed by atoms with van der Waals surface area (Å²) in [6.07, 6.45) is 4.97.